The minimum Gasteiger partial charge on any atom is -0.355 e. The van der Waals surface area contributed by atoms with Crippen molar-refractivity contribution in [1.29, 1.82) is 0 Å². The van der Waals surface area contributed by atoms with Crippen LogP contribution in [0.2, 0.25) is 15.1 Å². The predicted molar refractivity (Wildman–Crippen MR) is 101 cm³/mol. The highest BCUT2D eigenvalue weighted by molar-refractivity contribution is 7.98. The summed E-state index contributed by atoms with van der Waals surface area (Å²) in [6.07, 6.45) is 0.304. The molecule has 0 fully saturated rings. The first-order valence-electron chi connectivity index (χ1n) is 7.07. The monoisotopic (exact) mass is 387 g/mol. The quantitative estimate of drug-likeness (QED) is 0.657. The van der Waals surface area contributed by atoms with Crippen molar-refractivity contribution in [1.82, 2.24) is 5.32 Å². The molecule has 0 saturated heterocycles. The Morgan fingerprint density at radius 1 is 0.957 bits per heavy atom. The molecule has 6 heteroatoms. The molecule has 0 unspecified atom stereocenters. The average molecular weight is 389 g/mol. The van der Waals surface area contributed by atoms with Crippen LogP contribution in [0.1, 0.15) is 11.1 Å². The number of carbonyl (C=O) groups excluding carboxylic acids is 1. The lowest BCUT2D eigenvalue weighted by Gasteiger charge is -2.06. The number of amides is 1. The Kier molecular flexibility index (Phi) is 7.57. The molecule has 0 atom stereocenters. The van der Waals surface area contributed by atoms with E-state index in [1.54, 1.807) is 23.9 Å². The van der Waals surface area contributed by atoms with Gasteiger partial charge < -0.3 is 5.32 Å². The number of halogens is 3. The van der Waals surface area contributed by atoms with Crippen LogP contribution >= 0.6 is 46.6 Å². The standard InChI is InChI=1S/C17H16Cl3NOS/c18-14-4-1-12(2-5-14)11-23-8-7-21-17(22)10-13-3-6-15(19)16(20)9-13/h1-6,9H,7-8,10-11H2,(H,21,22). The molecule has 0 heterocycles. The minimum atomic E-state index is -0.0181. The van der Waals surface area contributed by atoms with Crippen molar-refractivity contribution in [3.63, 3.8) is 0 Å². The van der Waals surface area contributed by atoms with Gasteiger partial charge in [0.1, 0.15) is 0 Å². The summed E-state index contributed by atoms with van der Waals surface area (Å²) in [5.41, 5.74) is 2.08. The van der Waals surface area contributed by atoms with Gasteiger partial charge in [0.15, 0.2) is 0 Å². The van der Waals surface area contributed by atoms with Gasteiger partial charge in [0.05, 0.1) is 16.5 Å². The van der Waals surface area contributed by atoms with Crippen LogP contribution in [0.4, 0.5) is 0 Å². The maximum absolute atomic E-state index is 11.9. The number of nitrogens with one attached hydrogen (secondary N) is 1. The Bertz CT molecular complexity index is 661. The summed E-state index contributed by atoms with van der Waals surface area (Å²) in [7, 11) is 0. The minimum absolute atomic E-state index is 0.0181. The lowest BCUT2D eigenvalue weighted by Crippen LogP contribution is -2.27. The molecule has 2 aromatic rings. The molecule has 122 valence electrons. The Hall–Kier alpha value is -0.870. The second kappa shape index (κ2) is 9.43. The van der Waals surface area contributed by atoms with Crippen molar-refractivity contribution in [3.8, 4) is 0 Å². The number of benzene rings is 2. The van der Waals surface area contributed by atoms with Crippen molar-refractivity contribution >= 4 is 52.5 Å². The summed E-state index contributed by atoms with van der Waals surface area (Å²) in [6, 6.07) is 13.0. The molecule has 2 aromatic carbocycles. The van der Waals surface area contributed by atoms with Crippen LogP contribution in [-0.4, -0.2) is 18.2 Å². The van der Waals surface area contributed by atoms with Gasteiger partial charge in [-0.15, -0.1) is 0 Å². The van der Waals surface area contributed by atoms with Crippen LogP contribution in [0, 0.1) is 0 Å². The smallest absolute Gasteiger partial charge is 0.224 e. The molecule has 23 heavy (non-hydrogen) atoms. The highest BCUT2D eigenvalue weighted by Crippen LogP contribution is 2.22. The van der Waals surface area contributed by atoms with E-state index in [4.69, 9.17) is 34.8 Å². The Labute approximate surface area is 155 Å². The highest BCUT2D eigenvalue weighted by Gasteiger charge is 2.05. The number of rotatable bonds is 7. The number of hydrogen-bond acceptors (Lipinski definition) is 2. The van der Waals surface area contributed by atoms with Crippen molar-refractivity contribution < 1.29 is 4.79 Å². The largest absolute Gasteiger partial charge is 0.355 e. The summed E-state index contributed by atoms with van der Waals surface area (Å²) in [5, 5.41) is 4.61. The lowest BCUT2D eigenvalue weighted by molar-refractivity contribution is -0.120. The highest BCUT2D eigenvalue weighted by atomic mass is 35.5. The van der Waals surface area contributed by atoms with Gasteiger partial charge in [-0.05, 0) is 35.4 Å². The zero-order valence-electron chi connectivity index (χ0n) is 12.3. The second-order valence-corrected chi connectivity index (χ2v) is 7.31. The molecule has 2 nitrogen and oxygen atoms in total. The molecule has 0 aromatic heterocycles. The fourth-order valence-electron chi connectivity index (χ4n) is 1.93. The molecule has 0 aliphatic heterocycles. The van der Waals surface area contributed by atoms with Gasteiger partial charge in [-0.25, -0.2) is 0 Å². The molecule has 0 aliphatic rings. The van der Waals surface area contributed by atoms with E-state index < -0.39 is 0 Å². The molecule has 0 aliphatic carbocycles. The van der Waals surface area contributed by atoms with Crippen LogP contribution in [0.25, 0.3) is 0 Å². The Balaban J connectivity index is 1.64. The van der Waals surface area contributed by atoms with Crippen LogP contribution in [0.15, 0.2) is 42.5 Å². The molecule has 0 spiro atoms. The maximum Gasteiger partial charge on any atom is 0.224 e. The van der Waals surface area contributed by atoms with Crippen molar-refractivity contribution in [3.05, 3.63) is 68.7 Å². The van der Waals surface area contributed by atoms with E-state index >= 15 is 0 Å². The van der Waals surface area contributed by atoms with Gasteiger partial charge in [-0.2, -0.15) is 11.8 Å². The molecular weight excluding hydrogens is 373 g/mol. The van der Waals surface area contributed by atoms with E-state index in [1.807, 2.05) is 30.3 Å². The first-order chi connectivity index (χ1) is 11.0. The van der Waals surface area contributed by atoms with Crippen molar-refractivity contribution in [2.75, 3.05) is 12.3 Å². The van der Waals surface area contributed by atoms with Gasteiger partial charge in [0.2, 0.25) is 5.91 Å². The number of carbonyl (C=O) groups is 1. The predicted octanol–water partition coefficient (Wildman–Crippen LogP) is 5.24. The van der Waals surface area contributed by atoms with E-state index in [9.17, 15) is 4.79 Å². The van der Waals surface area contributed by atoms with E-state index in [-0.39, 0.29) is 5.91 Å². The third kappa shape index (κ3) is 6.64. The molecule has 0 radical (unpaired) electrons. The normalized spacial score (nSPS) is 10.6. The molecule has 1 amide bonds. The topological polar surface area (TPSA) is 29.1 Å². The van der Waals surface area contributed by atoms with Gasteiger partial charge in [0, 0.05) is 23.1 Å². The number of thioether (sulfide) groups is 1. The van der Waals surface area contributed by atoms with E-state index in [0.717, 1.165) is 22.1 Å². The number of hydrogen-bond donors (Lipinski definition) is 1. The SMILES string of the molecule is O=C(Cc1ccc(Cl)c(Cl)c1)NCCSCc1ccc(Cl)cc1. The maximum atomic E-state index is 11.9. The molecular formula is C17H16Cl3NOS. The van der Waals surface area contributed by atoms with Crippen LogP contribution in [0.3, 0.4) is 0 Å². The first kappa shape index (κ1) is 18.5. The van der Waals surface area contributed by atoms with Crippen LogP contribution in [-0.2, 0) is 17.0 Å². The molecule has 0 bridgehead atoms. The average Bonchev–Trinajstić information content (AvgIpc) is 2.52. The van der Waals surface area contributed by atoms with Crippen LogP contribution in [0.5, 0.6) is 0 Å². The summed E-state index contributed by atoms with van der Waals surface area (Å²) in [6.45, 7) is 0.637. The third-order valence-electron chi connectivity index (χ3n) is 3.10. The summed E-state index contributed by atoms with van der Waals surface area (Å²) >= 11 is 19.4. The molecule has 0 saturated carbocycles. The molecule has 1 N–H and O–H groups in total. The second-order valence-electron chi connectivity index (χ2n) is 4.95. The zero-order chi connectivity index (χ0) is 16.7. The fourth-order valence-corrected chi connectivity index (χ4v) is 3.20. The van der Waals surface area contributed by atoms with Crippen molar-refractivity contribution in [2.24, 2.45) is 0 Å². The third-order valence-corrected chi connectivity index (χ3v) is 5.12. The lowest BCUT2D eigenvalue weighted by atomic mass is 10.1. The van der Waals surface area contributed by atoms with Gasteiger partial charge >= 0.3 is 0 Å². The zero-order valence-corrected chi connectivity index (χ0v) is 15.4. The van der Waals surface area contributed by atoms with E-state index in [2.05, 4.69) is 5.32 Å². The van der Waals surface area contributed by atoms with Crippen LogP contribution < -0.4 is 5.32 Å². The fraction of sp³-hybridized carbons (Fsp3) is 0.235. The Morgan fingerprint density at radius 3 is 2.35 bits per heavy atom. The summed E-state index contributed by atoms with van der Waals surface area (Å²) in [5.74, 6) is 1.74. The van der Waals surface area contributed by atoms with Crippen molar-refractivity contribution in [2.45, 2.75) is 12.2 Å². The first-order valence-corrected chi connectivity index (χ1v) is 9.36. The Morgan fingerprint density at radius 2 is 1.65 bits per heavy atom. The summed E-state index contributed by atoms with van der Waals surface area (Å²) < 4.78 is 0. The van der Waals surface area contributed by atoms with E-state index in [1.165, 1.54) is 5.56 Å². The molecule has 2 rings (SSSR count). The van der Waals surface area contributed by atoms with Gasteiger partial charge in [-0.1, -0.05) is 53.0 Å². The van der Waals surface area contributed by atoms with Gasteiger partial charge in [-0.3, -0.25) is 4.79 Å². The van der Waals surface area contributed by atoms with E-state index in [0.29, 0.717) is 23.0 Å². The summed E-state index contributed by atoms with van der Waals surface area (Å²) in [4.78, 5) is 11.9. The van der Waals surface area contributed by atoms with Gasteiger partial charge in [0.25, 0.3) is 0 Å².